The third kappa shape index (κ3) is 3.67. The molecule has 21 heavy (non-hydrogen) atoms. The average Bonchev–Trinajstić information content (AvgIpc) is 3.13. The van der Waals surface area contributed by atoms with Crippen molar-refractivity contribution in [1.82, 2.24) is 10.1 Å². The van der Waals surface area contributed by atoms with E-state index in [0.717, 1.165) is 5.56 Å². The molecule has 1 aromatic heterocycles. The van der Waals surface area contributed by atoms with E-state index in [0.29, 0.717) is 30.5 Å². The molecule has 0 saturated heterocycles. The number of hydrogen-bond donors (Lipinski definition) is 1. The molecule has 0 spiro atoms. The molecule has 1 heterocycles. The van der Waals surface area contributed by atoms with Crippen molar-refractivity contribution in [2.45, 2.75) is 44.6 Å². The van der Waals surface area contributed by atoms with Gasteiger partial charge in [0.05, 0.1) is 0 Å². The highest BCUT2D eigenvalue weighted by atomic mass is 19.1. The van der Waals surface area contributed by atoms with Gasteiger partial charge in [-0.15, -0.1) is 0 Å². The highest BCUT2D eigenvalue weighted by molar-refractivity contribution is 5.19. The van der Waals surface area contributed by atoms with E-state index in [1.54, 1.807) is 12.1 Å². The van der Waals surface area contributed by atoms with Crippen molar-refractivity contribution < 1.29 is 8.91 Å². The van der Waals surface area contributed by atoms with Crippen molar-refractivity contribution >= 4 is 0 Å². The summed E-state index contributed by atoms with van der Waals surface area (Å²) in [5.74, 6) is 1.56. The number of rotatable bonds is 5. The summed E-state index contributed by atoms with van der Waals surface area (Å²) in [6, 6.07) is 6.44. The van der Waals surface area contributed by atoms with Crippen LogP contribution in [-0.2, 0) is 12.8 Å². The standard InChI is InChI=1S/C16H20FN3O/c17-13-7-5-11(6-8-13)9-15-19-16(21-20-15)10-14(18)12-3-1-2-4-12/h5-8,12,14H,1-4,9-10,18H2. The number of halogens is 1. The van der Waals surface area contributed by atoms with Crippen molar-refractivity contribution in [2.75, 3.05) is 0 Å². The molecular formula is C16H20FN3O. The van der Waals surface area contributed by atoms with Crippen LogP contribution in [0.5, 0.6) is 0 Å². The second kappa shape index (κ2) is 6.35. The molecule has 0 amide bonds. The first-order valence-corrected chi connectivity index (χ1v) is 7.52. The first kappa shape index (κ1) is 14.2. The molecule has 4 nitrogen and oxygen atoms in total. The van der Waals surface area contributed by atoms with E-state index in [-0.39, 0.29) is 11.9 Å². The molecule has 0 aliphatic heterocycles. The minimum absolute atomic E-state index is 0.103. The zero-order valence-corrected chi connectivity index (χ0v) is 12.0. The van der Waals surface area contributed by atoms with Crippen LogP contribution in [0.1, 0.15) is 43.0 Å². The highest BCUT2D eigenvalue weighted by Crippen LogP contribution is 2.28. The van der Waals surface area contributed by atoms with Crippen molar-refractivity contribution in [3.05, 3.63) is 47.4 Å². The molecule has 1 atom stereocenters. The summed E-state index contributed by atoms with van der Waals surface area (Å²) in [4.78, 5) is 4.39. The molecule has 2 aromatic rings. The van der Waals surface area contributed by atoms with Crippen LogP contribution in [0, 0.1) is 11.7 Å². The predicted molar refractivity (Wildman–Crippen MR) is 77.1 cm³/mol. The lowest BCUT2D eigenvalue weighted by Crippen LogP contribution is -2.30. The number of nitrogens with two attached hydrogens (primary N) is 1. The molecule has 2 N–H and O–H groups in total. The van der Waals surface area contributed by atoms with E-state index < -0.39 is 0 Å². The van der Waals surface area contributed by atoms with Crippen LogP contribution >= 0.6 is 0 Å². The Balaban J connectivity index is 1.59. The molecule has 1 saturated carbocycles. The second-order valence-electron chi connectivity index (χ2n) is 5.82. The third-order valence-corrected chi connectivity index (χ3v) is 4.20. The van der Waals surface area contributed by atoms with Gasteiger partial charge < -0.3 is 10.3 Å². The van der Waals surface area contributed by atoms with E-state index >= 15 is 0 Å². The average molecular weight is 289 g/mol. The Hall–Kier alpha value is -1.75. The van der Waals surface area contributed by atoms with Gasteiger partial charge in [0.25, 0.3) is 0 Å². The van der Waals surface area contributed by atoms with Crippen molar-refractivity contribution in [1.29, 1.82) is 0 Å². The molecule has 1 aliphatic carbocycles. The van der Waals surface area contributed by atoms with Gasteiger partial charge in [0.1, 0.15) is 5.82 Å². The lowest BCUT2D eigenvalue weighted by Gasteiger charge is -2.16. The first-order valence-electron chi connectivity index (χ1n) is 7.52. The second-order valence-corrected chi connectivity index (χ2v) is 5.82. The van der Waals surface area contributed by atoms with Crippen LogP contribution in [-0.4, -0.2) is 16.2 Å². The Labute approximate surface area is 123 Å². The van der Waals surface area contributed by atoms with Gasteiger partial charge in [-0.25, -0.2) is 4.39 Å². The van der Waals surface area contributed by atoms with Gasteiger partial charge >= 0.3 is 0 Å². The Bertz CT molecular complexity index is 575. The van der Waals surface area contributed by atoms with E-state index in [1.165, 1.54) is 37.8 Å². The number of benzene rings is 1. The van der Waals surface area contributed by atoms with Gasteiger partial charge in [-0.3, -0.25) is 0 Å². The fourth-order valence-corrected chi connectivity index (χ4v) is 2.98. The largest absolute Gasteiger partial charge is 0.339 e. The summed E-state index contributed by atoms with van der Waals surface area (Å²) in [7, 11) is 0. The van der Waals surface area contributed by atoms with E-state index in [9.17, 15) is 4.39 Å². The van der Waals surface area contributed by atoms with Crippen LogP contribution < -0.4 is 5.73 Å². The van der Waals surface area contributed by atoms with Crippen molar-refractivity contribution in [3.8, 4) is 0 Å². The number of aromatic nitrogens is 2. The molecule has 0 bridgehead atoms. The molecule has 1 aromatic carbocycles. The topological polar surface area (TPSA) is 64.9 Å². The molecule has 1 aliphatic rings. The summed E-state index contributed by atoms with van der Waals surface area (Å²) >= 11 is 0. The monoisotopic (exact) mass is 289 g/mol. The van der Waals surface area contributed by atoms with Crippen LogP contribution in [0.3, 0.4) is 0 Å². The minimum Gasteiger partial charge on any atom is -0.339 e. The van der Waals surface area contributed by atoms with Gasteiger partial charge in [-0.1, -0.05) is 30.1 Å². The highest BCUT2D eigenvalue weighted by Gasteiger charge is 2.24. The van der Waals surface area contributed by atoms with Gasteiger partial charge in [0.15, 0.2) is 5.82 Å². The summed E-state index contributed by atoms with van der Waals surface area (Å²) in [6.45, 7) is 0. The Morgan fingerprint density at radius 1 is 1.24 bits per heavy atom. The number of hydrogen-bond acceptors (Lipinski definition) is 4. The van der Waals surface area contributed by atoms with Gasteiger partial charge in [-0.05, 0) is 36.5 Å². The Morgan fingerprint density at radius 3 is 2.67 bits per heavy atom. The number of nitrogens with zero attached hydrogens (tertiary/aromatic N) is 2. The van der Waals surface area contributed by atoms with E-state index in [2.05, 4.69) is 10.1 Å². The maximum Gasteiger partial charge on any atom is 0.228 e. The van der Waals surface area contributed by atoms with Crippen LogP contribution in [0.15, 0.2) is 28.8 Å². The van der Waals surface area contributed by atoms with Gasteiger partial charge in [0.2, 0.25) is 5.89 Å². The summed E-state index contributed by atoms with van der Waals surface area (Å²) in [6.07, 6.45) is 6.15. The molecule has 3 rings (SSSR count). The van der Waals surface area contributed by atoms with Crippen LogP contribution in [0.25, 0.3) is 0 Å². The third-order valence-electron chi connectivity index (χ3n) is 4.20. The van der Waals surface area contributed by atoms with Crippen molar-refractivity contribution in [3.63, 3.8) is 0 Å². The molecule has 1 fully saturated rings. The summed E-state index contributed by atoms with van der Waals surface area (Å²) < 4.78 is 18.1. The molecule has 0 radical (unpaired) electrons. The fraction of sp³-hybridized carbons (Fsp3) is 0.500. The SMILES string of the molecule is NC(Cc1nc(Cc2ccc(F)cc2)no1)C1CCCC1. The van der Waals surface area contributed by atoms with E-state index in [1.807, 2.05) is 0 Å². The molecular weight excluding hydrogens is 269 g/mol. The summed E-state index contributed by atoms with van der Waals surface area (Å²) in [5.41, 5.74) is 7.18. The van der Waals surface area contributed by atoms with E-state index in [4.69, 9.17) is 10.3 Å². The lowest BCUT2D eigenvalue weighted by molar-refractivity contribution is 0.339. The molecule has 112 valence electrons. The van der Waals surface area contributed by atoms with Crippen LogP contribution in [0.2, 0.25) is 0 Å². The fourth-order valence-electron chi connectivity index (χ4n) is 2.98. The summed E-state index contributed by atoms with van der Waals surface area (Å²) in [5, 5.41) is 3.98. The molecule has 5 heteroatoms. The van der Waals surface area contributed by atoms with Gasteiger partial charge in [-0.2, -0.15) is 4.98 Å². The zero-order chi connectivity index (χ0) is 14.7. The van der Waals surface area contributed by atoms with Crippen molar-refractivity contribution in [2.24, 2.45) is 11.7 Å². The first-order chi connectivity index (χ1) is 10.2. The Morgan fingerprint density at radius 2 is 1.95 bits per heavy atom. The maximum atomic E-state index is 12.9. The zero-order valence-electron chi connectivity index (χ0n) is 12.0. The molecule has 1 unspecified atom stereocenters. The maximum absolute atomic E-state index is 12.9. The predicted octanol–water partition coefficient (Wildman–Crippen LogP) is 2.86. The Kier molecular flexibility index (Phi) is 4.29. The van der Waals surface area contributed by atoms with Gasteiger partial charge in [0, 0.05) is 18.9 Å². The minimum atomic E-state index is -0.241. The lowest BCUT2D eigenvalue weighted by atomic mass is 9.96. The van der Waals surface area contributed by atoms with Crippen LogP contribution in [0.4, 0.5) is 4.39 Å². The quantitative estimate of drug-likeness (QED) is 0.919. The smallest absolute Gasteiger partial charge is 0.228 e. The normalized spacial score (nSPS) is 17.2.